The molecule has 0 saturated carbocycles. The molecule has 2 nitrogen and oxygen atoms in total. The van der Waals surface area contributed by atoms with Gasteiger partial charge < -0.3 is 10.1 Å². The highest BCUT2D eigenvalue weighted by molar-refractivity contribution is 5.37. The number of rotatable bonds is 9. The highest BCUT2D eigenvalue weighted by Gasteiger charge is 2.07. The Hall–Kier alpha value is -1.02. The normalized spacial score (nSPS) is 12.7. The van der Waals surface area contributed by atoms with Crippen LogP contribution in [0, 0.1) is 12.8 Å². The molecule has 1 rings (SSSR count). The van der Waals surface area contributed by atoms with Crippen LogP contribution in [0.3, 0.4) is 0 Å². The third kappa shape index (κ3) is 5.96. The van der Waals surface area contributed by atoms with Crippen molar-refractivity contribution in [3.8, 4) is 5.75 Å². The molecule has 1 aromatic carbocycles. The number of hydrogen-bond donors (Lipinski definition) is 1. The van der Waals surface area contributed by atoms with Crippen LogP contribution in [0.15, 0.2) is 18.2 Å². The van der Waals surface area contributed by atoms with Crippen LogP contribution in [0.5, 0.6) is 5.75 Å². The molecule has 1 atom stereocenters. The highest BCUT2D eigenvalue weighted by Crippen LogP contribution is 2.23. The minimum Gasteiger partial charge on any atom is -0.493 e. The number of ether oxygens (including phenoxy) is 1. The van der Waals surface area contributed by atoms with Gasteiger partial charge in [0.15, 0.2) is 0 Å². The molecule has 2 heteroatoms. The second kappa shape index (κ2) is 9.02. The topological polar surface area (TPSA) is 21.3 Å². The molecular weight excluding hydrogens is 246 g/mol. The lowest BCUT2D eigenvalue weighted by molar-refractivity contribution is 0.296. The van der Waals surface area contributed by atoms with Gasteiger partial charge in [-0.05, 0) is 62.8 Å². The molecule has 114 valence electrons. The second-order valence-electron chi connectivity index (χ2n) is 6.09. The van der Waals surface area contributed by atoms with E-state index in [-0.39, 0.29) is 0 Å². The largest absolute Gasteiger partial charge is 0.493 e. The fourth-order valence-electron chi connectivity index (χ4n) is 2.26. The van der Waals surface area contributed by atoms with Crippen molar-refractivity contribution >= 4 is 0 Å². The van der Waals surface area contributed by atoms with E-state index in [4.69, 9.17) is 4.74 Å². The van der Waals surface area contributed by atoms with Gasteiger partial charge in [0.25, 0.3) is 0 Å². The number of nitrogens with one attached hydrogen (secondary N) is 1. The van der Waals surface area contributed by atoms with Gasteiger partial charge in [-0.15, -0.1) is 0 Å². The van der Waals surface area contributed by atoms with Crippen molar-refractivity contribution in [3.63, 3.8) is 0 Å². The van der Waals surface area contributed by atoms with Gasteiger partial charge in [-0.25, -0.2) is 0 Å². The first kappa shape index (κ1) is 17.0. The molecule has 1 unspecified atom stereocenters. The van der Waals surface area contributed by atoms with E-state index in [1.807, 2.05) is 0 Å². The Morgan fingerprint density at radius 3 is 2.55 bits per heavy atom. The van der Waals surface area contributed by atoms with E-state index in [2.05, 4.69) is 58.1 Å². The van der Waals surface area contributed by atoms with Gasteiger partial charge >= 0.3 is 0 Å². The molecule has 0 heterocycles. The zero-order valence-corrected chi connectivity index (χ0v) is 13.8. The molecule has 1 N–H and O–H groups in total. The van der Waals surface area contributed by atoms with Crippen LogP contribution in [-0.4, -0.2) is 13.2 Å². The summed E-state index contributed by atoms with van der Waals surface area (Å²) in [5.41, 5.74) is 2.57. The molecule has 20 heavy (non-hydrogen) atoms. The van der Waals surface area contributed by atoms with Gasteiger partial charge in [0, 0.05) is 6.04 Å². The summed E-state index contributed by atoms with van der Waals surface area (Å²) in [6.07, 6.45) is 3.53. The Kier molecular flexibility index (Phi) is 7.68. The van der Waals surface area contributed by atoms with E-state index in [0.29, 0.717) is 6.04 Å². The molecule has 0 aliphatic heterocycles. The molecule has 0 saturated heterocycles. The van der Waals surface area contributed by atoms with Crippen molar-refractivity contribution in [2.45, 2.75) is 59.9 Å². The van der Waals surface area contributed by atoms with Gasteiger partial charge in [-0.1, -0.05) is 32.9 Å². The molecule has 1 aromatic rings. The summed E-state index contributed by atoms with van der Waals surface area (Å²) in [6.45, 7) is 12.9. The molecule has 0 aliphatic rings. The van der Waals surface area contributed by atoms with Crippen LogP contribution >= 0.6 is 0 Å². The van der Waals surface area contributed by atoms with E-state index < -0.39 is 0 Å². The summed E-state index contributed by atoms with van der Waals surface area (Å²) in [7, 11) is 0. The van der Waals surface area contributed by atoms with Crippen LogP contribution in [0.2, 0.25) is 0 Å². The summed E-state index contributed by atoms with van der Waals surface area (Å²) >= 11 is 0. The minimum atomic E-state index is 0.406. The molecule has 0 spiro atoms. The van der Waals surface area contributed by atoms with Gasteiger partial charge in [-0.3, -0.25) is 0 Å². The van der Waals surface area contributed by atoms with Gasteiger partial charge in [0.1, 0.15) is 5.75 Å². The highest BCUT2D eigenvalue weighted by atomic mass is 16.5. The van der Waals surface area contributed by atoms with Crippen molar-refractivity contribution in [3.05, 3.63) is 29.3 Å². The van der Waals surface area contributed by atoms with Crippen LogP contribution in [0.1, 0.15) is 64.1 Å². The zero-order valence-electron chi connectivity index (χ0n) is 13.8. The monoisotopic (exact) mass is 277 g/mol. The number of benzene rings is 1. The Balaban J connectivity index is 2.50. The predicted molar refractivity (Wildman–Crippen MR) is 87.5 cm³/mol. The molecule has 0 radical (unpaired) electrons. The maximum atomic E-state index is 5.88. The minimum absolute atomic E-state index is 0.406. The van der Waals surface area contributed by atoms with Crippen molar-refractivity contribution < 1.29 is 4.74 Å². The standard InChI is InChI=1S/C18H31NO/c1-6-11-19-16(5)17-9-10-18(15(4)13-17)20-12-7-8-14(2)3/h9-10,13-14,16,19H,6-8,11-12H2,1-5H3. The summed E-state index contributed by atoms with van der Waals surface area (Å²) in [6, 6.07) is 6.94. The van der Waals surface area contributed by atoms with Crippen LogP contribution in [0.25, 0.3) is 0 Å². The van der Waals surface area contributed by atoms with Crippen molar-refractivity contribution in [1.29, 1.82) is 0 Å². The smallest absolute Gasteiger partial charge is 0.122 e. The Bertz CT molecular complexity index is 387. The lowest BCUT2D eigenvalue weighted by Crippen LogP contribution is -2.19. The molecule has 0 fully saturated rings. The van der Waals surface area contributed by atoms with Gasteiger partial charge in [0.2, 0.25) is 0 Å². The van der Waals surface area contributed by atoms with Crippen LogP contribution < -0.4 is 10.1 Å². The molecule has 0 amide bonds. The van der Waals surface area contributed by atoms with Crippen LogP contribution in [0.4, 0.5) is 0 Å². The Morgan fingerprint density at radius 2 is 1.95 bits per heavy atom. The summed E-state index contributed by atoms with van der Waals surface area (Å²) in [5, 5.41) is 3.52. The van der Waals surface area contributed by atoms with Crippen LogP contribution in [-0.2, 0) is 0 Å². The average Bonchev–Trinajstić information content (AvgIpc) is 2.42. The van der Waals surface area contributed by atoms with Gasteiger partial charge in [0.05, 0.1) is 6.61 Å². The summed E-state index contributed by atoms with van der Waals surface area (Å²) in [4.78, 5) is 0. The first-order valence-electron chi connectivity index (χ1n) is 8.01. The fraction of sp³-hybridized carbons (Fsp3) is 0.667. The first-order chi connectivity index (χ1) is 9.54. The third-order valence-electron chi connectivity index (χ3n) is 3.58. The fourth-order valence-corrected chi connectivity index (χ4v) is 2.26. The van der Waals surface area contributed by atoms with Crippen molar-refractivity contribution in [2.75, 3.05) is 13.2 Å². The van der Waals surface area contributed by atoms with E-state index in [9.17, 15) is 0 Å². The van der Waals surface area contributed by atoms with Crippen molar-refractivity contribution in [1.82, 2.24) is 5.32 Å². The van der Waals surface area contributed by atoms with E-state index in [0.717, 1.165) is 31.2 Å². The zero-order chi connectivity index (χ0) is 15.0. The van der Waals surface area contributed by atoms with E-state index >= 15 is 0 Å². The SMILES string of the molecule is CCCNC(C)c1ccc(OCCCC(C)C)c(C)c1. The first-order valence-corrected chi connectivity index (χ1v) is 8.01. The quantitative estimate of drug-likeness (QED) is 0.650. The number of aryl methyl sites for hydroxylation is 1. The average molecular weight is 277 g/mol. The predicted octanol–water partition coefficient (Wildman–Crippen LogP) is 4.87. The third-order valence-corrected chi connectivity index (χ3v) is 3.58. The molecule has 0 aliphatic carbocycles. The van der Waals surface area contributed by atoms with Crippen molar-refractivity contribution in [2.24, 2.45) is 5.92 Å². The van der Waals surface area contributed by atoms with E-state index in [1.54, 1.807) is 0 Å². The molecular formula is C18H31NO. The Labute approximate surface area is 124 Å². The lowest BCUT2D eigenvalue weighted by Gasteiger charge is -2.16. The summed E-state index contributed by atoms with van der Waals surface area (Å²) in [5.74, 6) is 1.78. The maximum absolute atomic E-state index is 5.88. The van der Waals surface area contributed by atoms with Gasteiger partial charge in [-0.2, -0.15) is 0 Å². The van der Waals surface area contributed by atoms with E-state index in [1.165, 1.54) is 24.0 Å². The molecule has 0 bridgehead atoms. The number of hydrogen-bond acceptors (Lipinski definition) is 2. The lowest BCUT2D eigenvalue weighted by atomic mass is 10.0. The Morgan fingerprint density at radius 1 is 1.20 bits per heavy atom. The summed E-state index contributed by atoms with van der Waals surface area (Å²) < 4.78 is 5.88. The second-order valence-corrected chi connectivity index (χ2v) is 6.09. The maximum Gasteiger partial charge on any atom is 0.122 e. The molecule has 0 aromatic heterocycles.